The Morgan fingerprint density at radius 1 is 1.40 bits per heavy atom. The molecule has 0 atom stereocenters. The molecule has 7 heteroatoms. The number of sulfonamides is 1. The van der Waals surface area contributed by atoms with Gasteiger partial charge in [0.2, 0.25) is 5.03 Å². The van der Waals surface area contributed by atoms with E-state index in [1.54, 1.807) is 0 Å². The number of pyridine rings is 1. The minimum Gasteiger partial charge on any atom is -0.309 e. The van der Waals surface area contributed by atoms with Crippen molar-refractivity contribution in [2.75, 3.05) is 33.7 Å². The zero-order chi connectivity index (χ0) is 14.8. The molecule has 2 rings (SSSR count). The summed E-state index contributed by atoms with van der Waals surface area (Å²) in [6.07, 6.45) is 2.90. The van der Waals surface area contributed by atoms with Gasteiger partial charge in [0.1, 0.15) is 0 Å². The van der Waals surface area contributed by atoms with Crippen LogP contribution in [0.3, 0.4) is 0 Å². The third kappa shape index (κ3) is 3.34. The molecule has 0 aliphatic carbocycles. The summed E-state index contributed by atoms with van der Waals surface area (Å²) in [5, 5.41) is -0.467. The van der Waals surface area contributed by atoms with Crippen molar-refractivity contribution in [1.82, 2.24) is 14.2 Å². The summed E-state index contributed by atoms with van der Waals surface area (Å²) in [5.41, 5.74) is 0. The topological polar surface area (TPSA) is 53.5 Å². The predicted octanol–water partition coefficient (Wildman–Crippen LogP) is 1.18. The number of aromatic nitrogens is 1. The Morgan fingerprint density at radius 2 is 2.05 bits per heavy atom. The standard InChI is InChI=1S/C13H20FN3O2S/c1-16(2)10-11-5-8-17(9-6-11)20(18,19)13-12(14)4-3-7-15-13/h3-4,7,11H,5-6,8-10H2,1-2H3. The van der Waals surface area contributed by atoms with E-state index < -0.39 is 20.9 Å². The molecule has 1 fully saturated rings. The first-order chi connectivity index (χ1) is 9.41. The molecule has 0 N–H and O–H groups in total. The van der Waals surface area contributed by atoms with Crippen molar-refractivity contribution in [2.45, 2.75) is 17.9 Å². The number of hydrogen-bond acceptors (Lipinski definition) is 4. The van der Waals surface area contributed by atoms with Crippen LogP contribution in [0.4, 0.5) is 4.39 Å². The molecule has 1 aliphatic heterocycles. The van der Waals surface area contributed by atoms with Gasteiger partial charge in [-0.1, -0.05) is 0 Å². The predicted molar refractivity (Wildman–Crippen MR) is 74.2 cm³/mol. The highest BCUT2D eigenvalue weighted by Gasteiger charge is 2.32. The van der Waals surface area contributed by atoms with E-state index in [9.17, 15) is 12.8 Å². The van der Waals surface area contributed by atoms with Crippen LogP contribution in [0.5, 0.6) is 0 Å². The second-order valence-corrected chi connectivity index (χ2v) is 7.25. The van der Waals surface area contributed by atoms with Crippen LogP contribution in [0.15, 0.2) is 23.4 Å². The van der Waals surface area contributed by atoms with Gasteiger partial charge < -0.3 is 4.90 Å². The van der Waals surface area contributed by atoms with Gasteiger partial charge in [0.15, 0.2) is 5.82 Å². The van der Waals surface area contributed by atoms with Gasteiger partial charge in [-0.25, -0.2) is 17.8 Å². The van der Waals surface area contributed by atoms with Crippen LogP contribution in [-0.4, -0.2) is 56.3 Å². The van der Waals surface area contributed by atoms with E-state index in [-0.39, 0.29) is 0 Å². The Balaban J connectivity index is 2.08. The van der Waals surface area contributed by atoms with Crippen molar-refractivity contribution >= 4 is 10.0 Å². The molecule has 0 spiro atoms. The Kier molecular flexibility index (Phi) is 4.72. The first-order valence-corrected chi connectivity index (χ1v) is 8.10. The van der Waals surface area contributed by atoms with Crippen molar-refractivity contribution in [3.05, 3.63) is 24.1 Å². The number of hydrogen-bond donors (Lipinski definition) is 0. The van der Waals surface area contributed by atoms with Gasteiger partial charge in [0, 0.05) is 25.8 Å². The van der Waals surface area contributed by atoms with E-state index in [1.165, 1.54) is 16.6 Å². The van der Waals surface area contributed by atoms with Crippen LogP contribution in [0.2, 0.25) is 0 Å². The zero-order valence-electron chi connectivity index (χ0n) is 11.8. The van der Waals surface area contributed by atoms with Gasteiger partial charge in [-0.15, -0.1) is 0 Å². The third-order valence-corrected chi connectivity index (χ3v) is 5.34. The Morgan fingerprint density at radius 3 is 2.60 bits per heavy atom. The Hall–Kier alpha value is -1.05. The lowest BCUT2D eigenvalue weighted by Crippen LogP contribution is -2.41. The SMILES string of the molecule is CN(C)CC1CCN(S(=O)(=O)c2ncccc2F)CC1. The second-order valence-electron chi connectivity index (χ2n) is 5.40. The largest absolute Gasteiger partial charge is 0.309 e. The van der Waals surface area contributed by atoms with Crippen LogP contribution in [0, 0.1) is 11.7 Å². The van der Waals surface area contributed by atoms with Gasteiger partial charge in [0.25, 0.3) is 10.0 Å². The average molecular weight is 301 g/mol. The summed E-state index contributed by atoms with van der Waals surface area (Å²) in [6, 6.07) is 2.51. The van der Waals surface area contributed by atoms with Crippen LogP contribution in [-0.2, 0) is 10.0 Å². The van der Waals surface area contributed by atoms with Crippen LogP contribution < -0.4 is 0 Å². The lowest BCUT2D eigenvalue weighted by Gasteiger charge is -2.32. The molecule has 0 amide bonds. The van der Waals surface area contributed by atoms with E-state index >= 15 is 0 Å². The molecule has 0 bridgehead atoms. The van der Waals surface area contributed by atoms with Crippen LogP contribution >= 0.6 is 0 Å². The summed E-state index contributed by atoms with van der Waals surface area (Å²) >= 11 is 0. The molecule has 20 heavy (non-hydrogen) atoms. The summed E-state index contributed by atoms with van der Waals surface area (Å²) in [5.74, 6) is -0.298. The fourth-order valence-electron chi connectivity index (χ4n) is 2.53. The molecule has 0 aromatic carbocycles. The molecule has 2 heterocycles. The van der Waals surface area contributed by atoms with Crippen LogP contribution in [0.25, 0.3) is 0 Å². The van der Waals surface area contributed by atoms with Crippen molar-refractivity contribution in [3.8, 4) is 0 Å². The summed E-state index contributed by atoms with van der Waals surface area (Å²) in [7, 11) is 0.202. The maximum absolute atomic E-state index is 13.6. The van der Waals surface area contributed by atoms with E-state index in [4.69, 9.17) is 0 Å². The lowest BCUT2D eigenvalue weighted by atomic mass is 9.98. The van der Waals surface area contributed by atoms with Crippen LogP contribution in [0.1, 0.15) is 12.8 Å². The number of rotatable bonds is 4. The molecule has 0 saturated carbocycles. The maximum atomic E-state index is 13.6. The summed E-state index contributed by atoms with van der Waals surface area (Å²) in [6.45, 7) is 1.81. The number of halogens is 1. The van der Waals surface area contributed by atoms with Crippen molar-refractivity contribution in [2.24, 2.45) is 5.92 Å². The molecule has 1 aromatic rings. The van der Waals surface area contributed by atoms with Gasteiger partial charge in [-0.05, 0) is 45.0 Å². The first-order valence-electron chi connectivity index (χ1n) is 6.66. The Labute approximate surface area is 119 Å². The molecule has 1 aliphatic rings. The van der Waals surface area contributed by atoms with Gasteiger partial charge in [-0.2, -0.15) is 4.31 Å². The second kappa shape index (κ2) is 6.15. The lowest BCUT2D eigenvalue weighted by molar-refractivity contribution is 0.224. The average Bonchev–Trinajstić information content (AvgIpc) is 2.39. The van der Waals surface area contributed by atoms with E-state index in [1.807, 2.05) is 14.1 Å². The van der Waals surface area contributed by atoms with Gasteiger partial charge >= 0.3 is 0 Å². The molecule has 1 aromatic heterocycles. The summed E-state index contributed by atoms with van der Waals surface area (Å²) in [4.78, 5) is 5.78. The van der Waals surface area contributed by atoms with Gasteiger partial charge in [-0.3, -0.25) is 0 Å². The molecule has 5 nitrogen and oxygen atoms in total. The molecule has 0 unspecified atom stereocenters. The molecule has 0 radical (unpaired) electrons. The molecular formula is C13H20FN3O2S. The maximum Gasteiger partial charge on any atom is 0.263 e. The van der Waals surface area contributed by atoms with Gasteiger partial charge in [0.05, 0.1) is 0 Å². The third-order valence-electron chi connectivity index (χ3n) is 3.51. The fourth-order valence-corrected chi connectivity index (χ4v) is 3.98. The molecule has 1 saturated heterocycles. The summed E-state index contributed by atoms with van der Waals surface area (Å²) < 4.78 is 39.7. The highest BCUT2D eigenvalue weighted by molar-refractivity contribution is 7.89. The van der Waals surface area contributed by atoms with Crippen molar-refractivity contribution in [3.63, 3.8) is 0 Å². The first kappa shape index (κ1) is 15.3. The molecule has 112 valence electrons. The minimum atomic E-state index is -3.81. The normalized spacial score (nSPS) is 18.6. The monoisotopic (exact) mass is 301 g/mol. The quantitative estimate of drug-likeness (QED) is 0.838. The highest BCUT2D eigenvalue weighted by atomic mass is 32.2. The number of piperidine rings is 1. The van der Waals surface area contributed by atoms with Crippen molar-refractivity contribution in [1.29, 1.82) is 0 Å². The smallest absolute Gasteiger partial charge is 0.263 e. The van der Waals surface area contributed by atoms with E-state index in [0.29, 0.717) is 19.0 Å². The number of nitrogens with zero attached hydrogens (tertiary/aromatic N) is 3. The van der Waals surface area contributed by atoms with E-state index in [0.717, 1.165) is 25.5 Å². The zero-order valence-corrected chi connectivity index (χ0v) is 12.6. The Bertz CT molecular complexity index is 554. The van der Waals surface area contributed by atoms with Crippen molar-refractivity contribution < 1.29 is 12.8 Å². The van der Waals surface area contributed by atoms with E-state index in [2.05, 4.69) is 9.88 Å². The minimum absolute atomic E-state index is 0.427. The molecular weight excluding hydrogens is 281 g/mol. The highest BCUT2D eigenvalue weighted by Crippen LogP contribution is 2.24. The fraction of sp³-hybridized carbons (Fsp3) is 0.615.